The number of hydrogen-bond donors (Lipinski definition) is 3. The maximum Gasteiger partial charge on any atom is 0.335 e. The van der Waals surface area contributed by atoms with Crippen molar-refractivity contribution in [3.8, 4) is 0 Å². The van der Waals surface area contributed by atoms with Gasteiger partial charge in [0.15, 0.2) is 0 Å². The van der Waals surface area contributed by atoms with Crippen molar-refractivity contribution in [1.29, 1.82) is 0 Å². The van der Waals surface area contributed by atoms with E-state index in [9.17, 15) is 9.59 Å². The Kier molecular flexibility index (Phi) is 4.45. The molecular formula is C15H13ClN2O3. The van der Waals surface area contributed by atoms with Crippen LogP contribution in [0.5, 0.6) is 0 Å². The van der Waals surface area contributed by atoms with E-state index in [1.54, 1.807) is 24.3 Å². The Morgan fingerprint density at radius 2 is 1.81 bits per heavy atom. The molecule has 6 heteroatoms. The number of anilines is 3. The lowest BCUT2D eigenvalue weighted by atomic mass is 10.2. The second-order valence-corrected chi connectivity index (χ2v) is 4.79. The van der Waals surface area contributed by atoms with Crippen LogP contribution in [0.25, 0.3) is 0 Å². The summed E-state index contributed by atoms with van der Waals surface area (Å²) in [6.45, 7) is 1.42. The van der Waals surface area contributed by atoms with Gasteiger partial charge in [-0.1, -0.05) is 17.7 Å². The summed E-state index contributed by atoms with van der Waals surface area (Å²) in [5.74, 6) is -1.19. The minimum Gasteiger partial charge on any atom is -0.478 e. The molecule has 0 aliphatic heterocycles. The van der Waals surface area contributed by atoms with Crippen molar-refractivity contribution in [2.75, 3.05) is 10.6 Å². The molecule has 2 rings (SSSR count). The van der Waals surface area contributed by atoms with Gasteiger partial charge in [-0.2, -0.15) is 0 Å². The number of carbonyl (C=O) groups is 2. The molecule has 0 bridgehead atoms. The molecule has 2 aromatic carbocycles. The van der Waals surface area contributed by atoms with Gasteiger partial charge >= 0.3 is 5.97 Å². The van der Waals surface area contributed by atoms with E-state index >= 15 is 0 Å². The molecule has 0 aromatic heterocycles. The number of carbonyl (C=O) groups excluding carboxylic acids is 1. The van der Waals surface area contributed by atoms with Crippen molar-refractivity contribution in [3.63, 3.8) is 0 Å². The highest BCUT2D eigenvalue weighted by molar-refractivity contribution is 6.33. The van der Waals surface area contributed by atoms with Crippen LogP contribution >= 0.6 is 11.6 Å². The molecule has 0 aliphatic carbocycles. The predicted octanol–water partition coefficient (Wildman–Crippen LogP) is 3.74. The summed E-state index contributed by atoms with van der Waals surface area (Å²) in [6.07, 6.45) is 0. The maximum absolute atomic E-state index is 11.0. The first kappa shape index (κ1) is 14.9. The van der Waals surface area contributed by atoms with Gasteiger partial charge in [-0.05, 0) is 36.4 Å². The zero-order valence-electron chi connectivity index (χ0n) is 11.2. The minimum atomic E-state index is -1.03. The smallest absolute Gasteiger partial charge is 0.335 e. The van der Waals surface area contributed by atoms with Crippen molar-refractivity contribution >= 4 is 40.5 Å². The molecular weight excluding hydrogens is 292 g/mol. The summed E-state index contributed by atoms with van der Waals surface area (Å²) >= 11 is 6.05. The van der Waals surface area contributed by atoms with E-state index in [4.69, 9.17) is 16.7 Å². The van der Waals surface area contributed by atoms with Gasteiger partial charge in [-0.15, -0.1) is 0 Å². The van der Waals surface area contributed by atoms with Crippen LogP contribution in [0.2, 0.25) is 5.02 Å². The van der Waals surface area contributed by atoms with Gasteiger partial charge < -0.3 is 15.7 Å². The Hall–Kier alpha value is -2.53. The lowest BCUT2D eigenvalue weighted by Gasteiger charge is -2.11. The second-order valence-electron chi connectivity index (χ2n) is 4.39. The van der Waals surface area contributed by atoms with Crippen LogP contribution in [0.3, 0.4) is 0 Å². The lowest BCUT2D eigenvalue weighted by Crippen LogP contribution is -2.05. The number of halogens is 1. The van der Waals surface area contributed by atoms with Crippen molar-refractivity contribution in [1.82, 2.24) is 0 Å². The van der Waals surface area contributed by atoms with Crippen LogP contribution in [0.1, 0.15) is 17.3 Å². The number of carboxylic acids is 1. The van der Waals surface area contributed by atoms with E-state index in [1.807, 2.05) is 0 Å². The fraction of sp³-hybridized carbons (Fsp3) is 0.0667. The number of carboxylic acid groups (broad SMARTS) is 1. The number of rotatable bonds is 4. The summed E-state index contributed by atoms with van der Waals surface area (Å²) in [7, 11) is 0. The zero-order valence-corrected chi connectivity index (χ0v) is 11.9. The monoisotopic (exact) mass is 304 g/mol. The maximum atomic E-state index is 11.0. The standard InChI is InChI=1S/C15H13ClN2O3/c1-9(19)17-11-3-2-4-12(8-11)18-14-7-10(15(20)21)5-6-13(14)16/h2-8,18H,1H3,(H,17,19)(H,20,21). The average molecular weight is 305 g/mol. The van der Waals surface area contributed by atoms with Crippen molar-refractivity contribution in [3.05, 3.63) is 53.1 Å². The normalized spacial score (nSPS) is 10.0. The molecule has 0 aliphatic rings. The van der Waals surface area contributed by atoms with Crippen LogP contribution in [0, 0.1) is 0 Å². The van der Waals surface area contributed by atoms with Gasteiger partial charge in [0.1, 0.15) is 0 Å². The molecule has 0 spiro atoms. The van der Waals surface area contributed by atoms with E-state index in [0.717, 1.165) is 0 Å². The summed E-state index contributed by atoms with van der Waals surface area (Å²) in [5.41, 5.74) is 1.94. The van der Waals surface area contributed by atoms with Gasteiger partial charge in [-0.3, -0.25) is 4.79 Å². The highest BCUT2D eigenvalue weighted by Crippen LogP contribution is 2.27. The van der Waals surface area contributed by atoms with Crippen molar-refractivity contribution < 1.29 is 14.7 Å². The first-order chi connectivity index (χ1) is 9.95. The predicted molar refractivity (Wildman–Crippen MR) is 82.4 cm³/mol. The Bertz CT molecular complexity index is 701. The van der Waals surface area contributed by atoms with Crippen LogP contribution < -0.4 is 10.6 Å². The lowest BCUT2D eigenvalue weighted by molar-refractivity contribution is -0.114. The summed E-state index contributed by atoms with van der Waals surface area (Å²) in [6, 6.07) is 11.4. The highest BCUT2D eigenvalue weighted by Gasteiger charge is 2.08. The van der Waals surface area contributed by atoms with E-state index in [0.29, 0.717) is 22.1 Å². The summed E-state index contributed by atoms with van der Waals surface area (Å²) < 4.78 is 0. The number of benzene rings is 2. The van der Waals surface area contributed by atoms with Crippen LogP contribution in [-0.2, 0) is 4.79 Å². The molecule has 108 valence electrons. The Labute approximate surface area is 126 Å². The topological polar surface area (TPSA) is 78.4 Å². The van der Waals surface area contributed by atoms with Crippen molar-refractivity contribution in [2.24, 2.45) is 0 Å². The van der Waals surface area contributed by atoms with Crippen molar-refractivity contribution in [2.45, 2.75) is 6.92 Å². The van der Waals surface area contributed by atoms with E-state index < -0.39 is 5.97 Å². The first-order valence-electron chi connectivity index (χ1n) is 6.13. The fourth-order valence-electron chi connectivity index (χ4n) is 1.79. The number of aromatic carboxylic acids is 1. The molecule has 0 fully saturated rings. The third kappa shape index (κ3) is 3.97. The highest BCUT2D eigenvalue weighted by atomic mass is 35.5. The number of nitrogens with one attached hydrogen (secondary N) is 2. The zero-order chi connectivity index (χ0) is 15.4. The quantitative estimate of drug-likeness (QED) is 0.804. The van der Waals surface area contributed by atoms with E-state index in [1.165, 1.54) is 25.1 Å². The third-order valence-corrected chi connectivity index (χ3v) is 3.00. The molecule has 0 saturated carbocycles. The molecule has 2 aromatic rings. The minimum absolute atomic E-state index is 0.139. The Balaban J connectivity index is 2.27. The van der Waals surface area contributed by atoms with E-state index in [2.05, 4.69) is 10.6 Å². The first-order valence-corrected chi connectivity index (χ1v) is 6.51. The largest absolute Gasteiger partial charge is 0.478 e. The molecule has 0 unspecified atom stereocenters. The van der Waals surface area contributed by atoms with Crippen LogP contribution in [0.15, 0.2) is 42.5 Å². The SMILES string of the molecule is CC(=O)Nc1cccc(Nc2cc(C(=O)O)ccc2Cl)c1. The molecule has 21 heavy (non-hydrogen) atoms. The summed E-state index contributed by atoms with van der Waals surface area (Å²) in [5, 5.41) is 15.1. The molecule has 0 atom stereocenters. The second kappa shape index (κ2) is 6.28. The van der Waals surface area contributed by atoms with E-state index in [-0.39, 0.29) is 11.5 Å². The third-order valence-electron chi connectivity index (χ3n) is 2.68. The average Bonchev–Trinajstić information content (AvgIpc) is 2.40. The number of amides is 1. The van der Waals surface area contributed by atoms with Gasteiger partial charge in [0, 0.05) is 18.3 Å². The Morgan fingerprint density at radius 1 is 1.10 bits per heavy atom. The molecule has 0 heterocycles. The molecule has 5 nitrogen and oxygen atoms in total. The van der Waals surface area contributed by atoms with Gasteiger partial charge in [-0.25, -0.2) is 4.79 Å². The molecule has 0 saturated heterocycles. The van der Waals surface area contributed by atoms with Gasteiger partial charge in [0.25, 0.3) is 0 Å². The van der Waals surface area contributed by atoms with Crippen LogP contribution in [-0.4, -0.2) is 17.0 Å². The summed E-state index contributed by atoms with van der Waals surface area (Å²) in [4.78, 5) is 22.0. The van der Waals surface area contributed by atoms with Crippen LogP contribution in [0.4, 0.5) is 17.1 Å². The van der Waals surface area contributed by atoms with Gasteiger partial charge in [0.05, 0.1) is 16.3 Å². The van der Waals surface area contributed by atoms with Gasteiger partial charge in [0.2, 0.25) is 5.91 Å². The molecule has 0 radical (unpaired) electrons. The molecule has 3 N–H and O–H groups in total. The molecule has 1 amide bonds. The Morgan fingerprint density at radius 3 is 2.48 bits per heavy atom. The number of hydrogen-bond acceptors (Lipinski definition) is 3. The fourth-order valence-corrected chi connectivity index (χ4v) is 1.95.